The fraction of sp³-hybridized carbons (Fsp3) is 0.269. The lowest BCUT2D eigenvalue weighted by atomic mass is 9.81. The van der Waals surface area contributed by atoms with Crippen LogP contribution in [0.4, 0.5) is 11.5 Å². The van der Waals surface area contributed by atoms with E-state index in [2.05, 4.69) is 50.5 Å². The van der Waals surface area contributed by atoms with Crippen molar-refractivity contribution in [2.75, 3.05) is 11.1 Å². The molecular formula is C26H26N8O. The quantitative estimate of drug-likeness (QED) is 0.359. The molecule has 1 saturated carbocycles. The molecule has 0 bridgehead atoms. The first-order chi connectivity index (χ1) is 17.1. The van der Waals surface area contributed by atoms with Gasteiger partial charge in [-0.05, 0) is 56.4 Å². The topological polar surface area (TPSA) is 127 Å². The number of aromatic nitrogens is 6. The largest absolute Gasteiger partial charge is 0.382 e. The van der Waals surface area contributed by atoms with Gasteiger partial charge in [-0.25, -0.2) is 14.5 Å². The summed E-state index contributed by atoms with van der Waals surface area (Å²) in [6.45, 7) is 2.08. The van der Waals surface area contributed by atoms with E-state index in [1.807, 2.05) is 22.7 Å². The third-order valence-corrected chi connectivity index (χ3v) is 7.00. The number of aryl methyl sites for hydroxylation is 1. The van der Waals surface area contributed by atoms with Crippen molar-refractivity contribution in [3.8, 4) is 11.4 Å². The Kier molecular flexibility index (Phi) is 5.17. The Morgan fingerprint density at radius 2 is 2.03 bits per heavy atom. The van der Waals surface area contributed by atoms with Gasteiger partial charge in [0.05, 0.1) is 17.6 Å². The number of anilines is 2. The number of pyridine rings is 1. The Bertz CT molecular complexity index is 1530. The Labute approximate surface area is 201 Å². The van der Waals surface area contributed by atoms with Crippen molar-refractivity contribution in [3.05, 3.63) is 66.5 Å². The van der Waals surface area contributed by atoms with Gasteiger partial charge in [-0.15, -0.1) is 0 Å². The molecule has 0 saturated heterocycles. The number of para-hydroxylation sites is 1. The van der Waals surface area contributed by atoms with Crippen LogP contribution >= 0.6 is 0 Å². The smallest absolute Gasteiger partial charge is 0.227 e. The summed E-state index contributed by atoms with van der Waals surface area (Å²) >= 11 is 0. The molecule has 176 valence electrons. The number of nitrogens with zero attached hydrogens (tertiary/aromatic N) is 5. The zero-order valence-electron chi connectivity index (χ0n) is 19.4. The number of carbonyl (C=O) groups is 1. The average molecular weight is 467 g/mol. The van der Waals surface area contributed by atoms with Gasteiger partial charge in [0.15, 0.2) is 5.82 Å². The fourth-order valence-corrected chi connectivity index (χ4v) is 5.16. The number of benzene rings is 1. The Morgan fingerprint density at radius 3 is 2.80 bits per heavy atom. The van der Waals surface area contributed by atoms with E-state index in [4.69, 9.17) is 10.7 Å². The van der Waals surface area contributed by atoms with Gasteiger partial charge >= 0.3 is 0 Å². The minimum absolute atomic E-state index is 0.0338. The van der Waals surface area contributed by atoms with Gasteiger partial charge in [-0.2, -0.15) is 5.10 Å². The lowest BCUT2D eigenvalue weighted by Crippen LogP contribution is -2.27. The zero-order chi connectivity index (χ0) is 23.9. The molecule has 4 N–H and O–H groups in total. The molecule has 4 heterocycles. The number of amides is 1. The maximum atomic E-state index is 12.8. The number of nitrogens with two attached hydrogens (primary N) is 1. The number of nitrogens with one attached hydrogen (secondary N) is 2. The Balaban J connectivity index is 1.29. The second-order valence-electron chi connectivity index (χ2n) is 9.23. The normalized spacial score (nSPS) is 18.2. The van der Waals surface area contributed by atoms with Crippen molar-refractivity contribution in [3.63, 3.8) is 0 Å². The molecule has 0 atom stereocenters. The molecule has 1 aliphatic carbocycles. The number of imidazole rings is 1. The first-order valence-corrected chi connectivity index (χ1v) is 11.9. The predicted octanol–water partition coefficient (Wildman–Crippen LogP) is 4.47. The molecule has 9 nitrogen and oxygen atoms in total. The third-order valence-electron chi connectivity index (χ3n) is 7.00. The van der Waals surface area contributed by atoms with Gasteiger partial charge in [0.2, 0.25) is 5.91 Å². The van der Waals surface area contributed by atoms with E-state index < -0.39 is 0 Å². The molecule has 5 aromatic rings. The standard InChI is InChI=1S/C26H26N8O/c1-15-4-2-5-18-12-20(32-21(15)18)22-23-24(27)29-14-30-34(23)25(33-22)16-7-9-17(10-8-16)26(35)31-19-6-3-11-28-13-19/h2-6,11-14,16-17,32H,7-10H2,1H3,(H,31,35)(H2,27,29,30). The van der Waals surface area contributed by atoms with Crippen LogP contribution in [0.25, 0.3) is 27.8 Å². The summed E-state index contributed by atoms with van der Waals surface area (Å²) in [5, 5.41) is 8.61. The minimum atomic E-state index is -0.0338. The molecule has 0 radical (unpaired) electrons. The molecule has 0 spiro atoms. The number of aromatic amines is 1. The van der Waals surface area contributed by atoms with Gasteiger partial charge in [0.25, 0.3) is 0 Å². The van der Waals surface area contributed by atoms with Gasteiger partial charge < -0.3 is 16.0 Å². The zero-order valence-corrected chi connectivity index (χ0v) is 19.4. The highest BCUT2D eigenvalue weighted by Crippen LogP contribution is 2.39. The van der Waals surface area contributed by atoms with E-state index in [1.165, 1.54) is 11.9 Å². The van der Waals surface area contributed by atoms with Crippen LogP contribution in [0.1, 0.15) is 43.0 Å². The summed E-state index contributed by atoms with van der Waals surface area (Å²) < 4.78 is 1.83. The van der Waals surface area contributed by atoms with E-state index in [0.29, 0.717) is 11.3 Å². The van der Waals surface area contributed by atoms with Crippen molar-refractivity contribution in [2.24, 2.45) is 5.92 Å². The van der Waals surface area contributed by atoms with Gasteiger partial charge in [0.1, 0.15) is 23.4 Å². The third kappa shape index (κ3) is 3.78. The molecule has 1 aliphatic rings. The van der Waals surface area contributed by atoms with Gasteiger partial charge in [0, 0.05) is 28.9 Å². The molecule has 0 aliphatic heterocycles. The summed E-state index contributed by atoms with van der Waals surface area (Å²) in [7, 11) is 0. The van der Waals surface area contributed by atoms with Crippen LogP contribution in [0, 0.1) is 12.8 Å². The SMILES string of the molecule is Cc1cccc2cc(-c3nc(C4CCC(C(=O)Nc5cccnc5)CC4)n4ncnc(N)c34)[nH]c12. The highest BCUT2D eigenvalue weighted by atomic mass is 16.1. The van der Waals surface area contributed by atoms with E-state index in [-0.39, 0.29) is 17.7 Å². The van der Waals surface area contributed by atoms with Crippen LogP contribution < -0.4 is 11.1 Å². The van der Waals surface area contributed by atoms with Crippen LogP contribution in [-0.4, -0.2) is 35.5 Å². The summed E-state index contributed by atoms with van der Waals surface area (Å²) in [6, 6.07) is 12.0. The van der Waals surface area contributed by atoms with E-state index in [1.54, 1.807) is 12.4 Å². The number of hydrogen-bond donors (Lipinski definition) is 3. The number of fused-ring (bicyclic) bond motifs is 2. The number of carbonyl (C=O) groups excluding carboxylic acids is 1. The predicted molar refractivity (Wildman–Crippen MR) is 135 cm³/mol. The maximum absolute atomic E-state index is 12.8. The fourth-order valence-electron chi connectivity index (χ4n) is 5.16. The van der Waals surface area contributed by atoms with Gasteiger partial charge in [-0.1, -0.05) is 18.2 Å². The molecule has 1 amide bonds. The minimum Gasteiger partial charge on any atom is -0.382 e. The lowest BCUT2D eigenvalue weighted by Gasteiger charge is -2.26. The van der Waals surface area contributed by atoms with E-state index in [9.17, 15) is 4.79 Å². The lowest BCUT2D eigenvalue weighted by molar-refractivity contribution is -0.120. The summed E-state index contributed by atoms with van der Waals surface area (Å²) in [6.07, 6.45) is 8.09. The first-order valence-electron chi connectivity index (χ1n) is 11.9. The highest BCUT2D eigenvalue weighted by Gasteiger charge is 2.31. The second-order valence-corrected chi connectivity index (χ2v) is 9.23. The number of H-pyrrole nitrogens is 1. The monoisotopic (exact) mass is 466 g/mol. The number of rotatable bonds is 4. The average Bonchev–Trinajstić information content (AvgIpc) is 3.48. The van der Waals surface area contributed by atoms with Crippen LogP contribution in [0.15, 0.2) is 55.1 Å². The van der Waals surface area contributed by atoms with Crippen LogP contribution in [-0.2, 0) is 4.79 Å². The molecule has 4 aromatic heterocycles. The van der Waals surface area contributed by atoms with Crippen LogP contribution in [0.3, 0.4) is 0 Å². The van der Waals surface area contributed by atoms with Crippen molar-refractivity contribution < 1.29 is 4.79 Å². The highest BCUT2D eigenvalue weighted by molar-refractivity contribution is 5.93. The molecule has 1 aromatic carbocycles. The first kappa shape index (κ1) is 21.3. The van der Waals surface area contributed by atoms with E-state index >= 15 is 0 Å². The molecule has 6 rings (SSSR count). The Morgan fingerprint density at radius 1 is 1.17 bits per heavy atom. The van der Waals surface area contributed by atoms with Crippen molar-refractivity contribution in [2.45, 2.75) is 38.5 Å². The number of hydrogen-bond acceptors (Lipinski definition) is 6. The van der Waals surface area contributed by atoms with Gasteiger partial charge in [-0.3, -0.25) is 9.78 Å². The van der Waals surface area contributed by atoms with Crippen molar-refractivity contribution in [1.29, 1.82) is 0 Å². The molecule has 1 fully saturated rings. The Hall–Kier alpha value is -4.27. The number of nitrogen functional groups attached to an aromatic ring is 1. The summed E-state index contributed by atoms with van der Waals surface area (Å²) in [5.74, 6) is 1.46. The molecule has 35 heavy (non-hydrogen) atoms. The summed E-state index contributed by atoms with van der Waals surface area (Å²) in [4.78, 5) is 29.6. The molecule has 0 unspecified atom stereocenters. The second kappa shape index (κ2) is 8.50. The maximum Gasteiger partial charge on any atom is 0.227 e. The van der Waals surface area contributed by atoms with Crippen molar-refractivity contribution in [1.82, 2.24) is 29.5 Å². The summed E-state index contributed by atoms with van der Waals surface area (Å²) in [5.41, 5.74) is 11.7. The molecule has 9 heteroatoms. The molecular weight excluding hydrogens is 440 g/mol. The van der Waals surface area contributed by atoms with Crippen LogP contribution in [0.5, 0.6) is 0 Å². The van der Waals surface area contributed by atoms with Crippen LogP contribution in [0.2, 0.25) is 0 Å². The van der Waals surface area contributed by atoms with Crippen molar-refractivity contribution >= 4 is 33.8 Å². The van der Waals surface area contributed by atoms with E-state index in [0.717, 1.165) is 59.5 Å².